The van der Waals surface area contributed by atoms with E-state index in [0.29, 0.717) is 12.3 Å². The van der Waals surface area contributed by atoms with E-state index in [-0.39, 0.29) is 5.56 Å². The SMILES string of the molecule is CN(C)c1ccccc1NCc1occc1C(=O)O. The summed E-state index contributed by atoms with van der Waals surface area (Å²) in [6.45, 7) is 0.333. The van der Waals surface area contributed by atoms with Gasteiger partial charge in [-0.2, -0.15) is 0 Å². The zero-order chi connectivity index (χ0) is 13.8. The first kappa shape index (κ1) is 13.0. The first-order valence-corrected chi connectivity index (χ1v) is 5.89. The van der Waals surface area contributed by atoms with Gasteiger partial charge < -0.3 is 19.7 Å². The molecule has 0 bridgehead atoms. The molecule has 2 rings (SSSR count). The lowest BCUT2D eigenvalue weighted by Crippen LogP contribution is -2.12. The van der Waals surface area contributed by atoms with Crippen LogP contribution in [-0.2, 0) is 6.54 Å². The Bertz CT molecular complexity index is 576. The van der Waals surface area contributed by atoms with E-state index in [9.17, 15) is 4.79 Å². The van der Waals surface area contributed by atoms with Crippen molar-refractivity contribution in [2.75, 3.05) is 24.3 Å². The number of carbonyl (C=O) groups is 1. The largest absolute Gasteiger partial charge is 0.478 e. The molecule has 100 valence electrons. The van der Waals surface area contributed by atoms with Gasteiger partial charge in [-0.15, -0.1) is 0 Å². The molecule has 2 N–H and O–H groups in total. The van der Waals surface area contributed by atoms with Crippen LogP contribution in [0.3, 0.4) is 0 Å². The summed E-state index contributed by atoms with van der Waals surface area (Å²) in [6, 6.07) is 9.27. The van der Waals surface area contributed by atoms with Crippen LogP contribution in [0.1, 0.15) is 16.1 Å². The van der Waals surface area contributed by atoms with Crippen LogP contribution in [0.5, 0.6) is 0 Å². The van der Waals surface area contributed by atoms with Crippen molar-refractivity contribution in [1.82, 2.24) is 0 Å². The van der Waals surface area contributed by atoms with Crippen molar-refractivity contribution in [2.45, 2.75) is 6.54 Å². The summed E-state index contributed by atoms with van der Waals surface area (Å²) in [5.74, 6) is -0.562. The molecular formula is C14H16N2O3. The number of nitrogens with zero attached hydrogens (tertiary/aromatic N) is 1. The second kappa shape index (κ2) is 5.48. The number of aromatic carboxylic acids is 1. The van der Waals surface area contributed by atoms with Crippen molar-refractivity contribution >= 4 is 17.3 Å². The van der Waals surface area contributed by atoms with Gasteiger partial charge in [-0.05, 0) is 18.2 Å². The van der Waals surface area contributed by atoms with Crippen molar-refractivity contribution < 1.29 is 14.3 Å². The van der Waals surface area contributed by atoms with Gasteiger partial charge in [0.15, 0.2) is 0 Å². The maximum Gasteiger partial charge on any atom is 0.339 e. The highest BCUT2D eigenvalue weighted by atomic mass is 16.4. The Morgan fingerprint density at radius 1 is 1.32 bits per heavy atom. The molecular weight excluding hydrogens is 244 g/mol. The Morgan fingerprint density at radius 2 is 2.05 bits per heavy atom. The smallest absolute Gasteiger partial charge is 0.339 e. The van der Waals surface area contributed by atoms with E-state index in [1.165, 1.54) is 12.3 Å². The van der Waals surface area contributed by atoms with Crippen LogP contribution in [-0.4, -0.2) is 25.2 Å². The molecule has 5 heteroatoms. The van der Waals surface area contributed by atoms with Gasteiger partial charge in [0.1, 0.15) is 11.3 Å². The molecule has 2 aromatic rings. The van der Waals surface area contributed by atoms with Crippen LogP contribution in [0.15, 0.2) is 41.0 Å². The molecule has 0 aliphatic heterocycles. The van der Waals surface area contributed by atoms with E-state index in [0.717, 1.165) is 11.4 Å². The van der Waals surface area contributed by atoms with Gasteiger partial charge in [0.2, 0.25) is 0 Å². The Balaban J connectivity index is 2.15. The van der Waals surface area contributed by atoms with Crippen molar-refractivity contribution in [3.8, 4) is 0 Å². The highest BCUT2D eigenvalue weighted by molar-refractivity contribution is 5.88. The molecule has 1 heterocycles. The summed E-state index contributed by atoms with van der Waals surface area (Å²) in [7, 11) is 3.91. The average Bonchev–Trinajstić information content (AvgIpc) is 2.85. The normalized spacial score (nSPS) is 10.2. The van der Waals surface area contributed by atoms with Gasteiger partial charge in [-0.1, -0.05) is 12.1 Å². The number of furan rings is 1. The number of carboxylic acids is 1. The van der Waals surface area contributed by atoms with Gasteiger partial charge in [0.25, 0.3) is 0 Å². The molecule has 0 fully saturated rings. The van der Waals surface area contributed by atoms with Crippen LogP contribution >= 0.6 is 0 Å². The monoisotopic (exact) mass is 260 g/mol. The van der Waals surface area contributed by atoms with Gasteiger partial charge >= 0.3 is 5.97 Å². The quantitative estimate of drug-likeness (QED) is 0.865. The molecule has 0 saturated heterocycles. The minimum absolute atomic E-state index is 0.190. The zero-order valence-corrected chi connectivity index (χ0v) is 10.9. The predicted molar refractivity (Wildman–Crippen MR) is 73.8 cm³/mol. The van der Waals surface area contributed by atoms with E-state index >= 15 is 0 Å². The number of hydrogen-bond acceptors (Lipinski definition) is 4. The van der Waals surface area contributed by atoms with Gasteiger partial charge in [0.05, 0.1) is 24.2 Å². The number of benzene rings is 1. The highest BCUT2D eigenvalue weighted by Crippen LogP contribution is 2.24. The third-order valence-corrected chi connectivity index (χ3v) is 2.80. The minimum Gasteiger partial charge on any atom is -0.478 e. The van der Waals surface area contributed by atoms with Crippen molar-refractivity contribution in [1.29, 1.82) is 0 Å². The molecule has 0 spiro atoms. The Morgan fingerprint density at radius 3 is 2.74 bits per heavy atom. The van der Waals surface area contributed by atoms with Crippen LogP contribution < -0.4 is 10.2 Å². The van der Waals surface area contributed by atoms with Crippen LogP contribution in [0.2, 0.25) is 0 Å². The number of hydrogen-bond donors (Lipinski definition) is 2. The molecule has 5 nitrogen and oxygen atoms in total. The summed E-state index contributed by atoms with van der Waals surface area (Å²) in [5, 5.41) is 12.2. The first-order valence-electron chi connectivity index (χ1n) is 5.89. The summed E-state index contributed by atoms with van der Waals surface area (Å²) < 4.78 is 5.19. The molecule has 0 saturated carbocycles. The van der Waals surface area contributed by atoms with E-state index in [1.807, 2.05) is 43.3 Å². The maximum atomic E-state index is 11.0. The molecule has 0 radical (unpaired) electrons. The first-order chi connectivity index (χ1) is 9.09. The lowest BCUT2D eigenvalue weighted by atomic mass is 10.2. The average molecular weight is 260 g/mol. The fourth-order valence-corrected chi connectivity index (χ4v) is 1.86. The van der Waals surface area contributed by atoms with Crippen LogP contribution in [0.4, 0.5) is 11.4 Å². The Hall–Kier alpha value is -2.43. The highest BCUT2D eigenvalue weighted by Gasteiger charge is 2.13. The fraction of sp³-hybridized carbons (Fsp3) is 0.214. The molecule has 0 aliphatic carbocycles. The van der Waals surface area contributed by atoms with Crippen LogP contribution in [0.25, 0.3) is 0 Å². The number of anilines is 2. The molecule has 1 aromatic carbocycles. The Labute approximate surface area is 111 Å². The maximum absolute atomic E-state index is 11.0. The second-order valence-corrected chi connectivity index (χ2v) is 4.33. The van der Waals surface area contributed by atoms with Crippen molar-refractivity contribution in [2.24, 2.45) is 0 Å². The third kappa shape index (κ3) is 2.88. The van der Waals surface area contributed by atoms with E-state index < -0.39 is 5.97 Å². The van der Waals surface area contributed by atoms with Gasteiger partial charge in [-0.3, -0.25) is 0 Å². The van der Waals surface area contributed by atoms with E-state index in [1.54, 1.807) is 0 Å². The lowest BCUT2D eigenvalue weighted by molar-refractivity contribution is 0.0694. The number of para-hydroxylation sites is 2. The number of rotatable bonds is 5. The molecule has 0 amide bonds. The van der Waals surface area contributed by atoms with Crippen LogP contribution in [0, 0.1) is 0 Å². The summed E-state index contributed by atoms with van der Waals surface area (Å²) in [6.07, 6.45) is 1.39. The van der Waals surface area contributed by atoms with E-state index in [2.05, 4.69) is 5.32 Å². The molecule has 19 heavy (non-hydrogen) atoms. The summed E-state index contributed by atoms with van der Waals surface area (Å²) >= 11 is 0. The number of carboxylic acid groups (broad SMARTS) is 1. The molecule has 1 aromatic heterocycles. The van der Waals surface area contributed by atoms with Gasteiger partial charge in [-0.25, -0.2) is 4.79 Å². The zero-order valence-electron chi connectivity index (χ0n) is 10.9. The summed E-state index contributed by atoms with van der Waals surface area (Å²) in [4.78, 5) is 13.0. The van der Waals surface area contributed by atoms with E-state index in [4.69, 9.17) is 9.52 Å². The van der Waals surface area contributed by atoms with Crippen molar-refractivity contribution in [3.05, 3.63) is 47.9 Å². The fourth-order valence-electron chi connectivity index (χ4n) is 1.86. The lowest BCUT2D eigenvalue weighted by Gasteiger charge is -2.18. The third-order valence-electron chi connectivity index (χ3n) is 2.80. The molecule has 0 aliphatic rings. The minimum atomic E-state index is -0.980. The number of nitrogens with one attached hydrogen (secondary N) is 1. The summed E-state index contributed by atoms with van der Waals surface area (Å²) in [5.41, 5.74) is 2.15. The standard InChI is InChI=1S/C14H16N2O3/c1-16(2)12-6-4-3-5-11(12)15-9-13-10(14(17)18)7-8-19-13/h3-8,15H,9H2,1-2H3,(H,17,18). The Kier molecular flexibility index (Phi) is 3.75. The molecule has 0 atom stereocenters. The van der Waals surface area contributed by atoms with Crippen molar-refractivity contribution in [3.63, 3.8) is 0 Å². The second-order valence-electron chi connectivity index (χ2n) is 4.33. The van der Waals surface area contributed by atoms with Gasteiger partial charge in [0, 0.05) is 14.1 Å². The predicted octanol–water partition coefficient (Wildman–Crippen LogP) is 2.66. The topological polar surface area (TPSA) is 65.7 Å². The molecule has 0 unspecified atom stereocenters.